The molecule has 0 fully saturated rings. The maximum absolute atomic E-state index is 6.43. The highest BCUT2D eigenvalue weighted by molar-refractivity contribution is 6.14. The van der Waals surface area contributed by atoms with Gasteiger partial charge in [-0.15, -0.1) is 0 Å². The van der Waals surface area contributed by atoms with Crippen molar-refractivity contribution in [2.45, 2.75) is 0 Å². The molecule has 262 valence electrons. The molecular weight excluding hydrogens is 679 g/mol. The summed E-state index contributed by atoms with van der Waals surface area (Å²) in [6.07, 6.45) is 0. The largest absolute Gasteiger partial charge is 0.456 e. The molecule has 1 heterocycles. The molecule has 0 saturated heterocycles. The number of rotatable bonds is 6. The van der Waals surface area contributed by atoms with Crippen molar-refractivity contribution in [2.75, 3.05) is 4.90 Å². The molecule has 2 heteroatoms. The van der Waals surface area contributed by atoms with Gasteiger partial charge < -0.3 is 9.32 Å². The van der Waals surface area contributed by atoms with Crippen molar-refractivity contribution in [1.29, 1.82) is 0 Å². The molecule has 0 aliphatic rings. The molecule has 11 rings (SSSR count). The van der Waals surface area contributed by atoms with Crippen molar-refractivity contribution in [3.05, 3.63) is 212 Å². The van der Waals surface area contributed by atoms with E-state index in [4.69, 9.17) is 4.42 Å². The standard InChI is InChI=1S/C54H35NO/c1-3-14-44-37(11-1)13-9-18-45(44)39-31-33-43(34-32-39)55(51-20-10-22-53-54(51)48-17-6-8-21-52(48)56-53)50-19-7-5-16-47(50)40-25-23-36(24-26-40)42-30-29-41-28-27-38-12-2-4-15-46(38)49(41)35-42/h1-35H. The fourth-order valence-corrected chi connectivity index (χ4v) is 8.55. The summed E-state index contributed by atoms with van der Waals surface area (Å²) in [5.41, 5.74) is 12.1. The first-order chi connectivity index (χ1) is 27.8. The molecule has 0 saturated carbocycles. The van der Waals surface area contributed by atoms with Gasteiger partial charge >= 0.3 is 0 Å². The van der Waals surface area contributed by atoms with E-state index < -0.39 is 0 Å². The number of para-hydroxylation sites is 2. The number of hydrogen-bond donors (Lipinski definition) is 0. The Balaban J connectivity index is 1.05. The van der Waals surface area contributed by atoms with E-state index in [2.05, 4.69) is 211 Å². The number of anilines is 3. The van der Waals surface area contributed by atoms with Gasteiger partial charge in [-0.25, -0.2) is 0 Å². The third kappa shape index (κ3) is 5.34. The minimum absolute atomic E-state index is 0.867. The highest BCUT2D eigenvalue weighted by Crippen LogP contribution is 2.46. The van der Waals surface area contributed by atoms with Crippen LogP contribution in [0.2, 0.25) is 0 Å². The molecule has 56 heavy (non-hydrogen) atoms. The van der Waals surface area contributed by atoms with E-state index in [1.807, 2.05) is 6.07 Å². The summed E-state index contributed by atoms with van der Waals surface area (Å²) in [5, 5.41) is 9.75. The predicted molar refractivity (Wildman–Crippen MR) is 237 cm³/mol. The van der Waals surface area contributed by atoms with Crippen molar-refractivity contribution >= 4 is 71.3 Å². The Kier molecular flexibility index (Phi) is 7.53. The van der Waals surface area contributed by atoms with Gasteiger partial charge in [0, 0.05) is 16.6 Å². The zero-order valence-electron chi connectivity index (χ0n) is 30.6. The Morgan fingerprint density at radius 3 is 1.66 bits per heavy atom. The summed E-state index contributed by atoms with van der Waals surface area (Å²) in [6, 6.07) is 76.5. The van der Waals surface area contributed by atoms with Crippen molar-refractivity contribution in [2.24, 2.45) is 0 Å². The number of benzene rings is 10. The van der Waals surface area contributed by atoms with E-state index in [1.165, 1.54) is 54.6 Å². The highest BCUT2D eigenvalue weighted by Gasteiger charge is 2.22. The first kappa shape index (κ1) is 32.0. The maximum Gasteiger partial charge on any atom is 0.137 e. The van der Waals surface area contributed by atoms with Crippen LogP contribution >= 0.6 is 0 Å². The van der Waals surface area contributed by atoms with Crippen molar-refractivity contribution in [3.8, 4) is 33.4 Å². The Hall–Kier alpha value is -7.42. The van der Waals surface area contributed by atoms with Crippen LogP contribution in [0.15, 0.2) is 217 Å². The van der Waals surface area contributed by atoms with Gasteiger partial charge in [0.1, 0.15) is 11.2 Å². The molecule has 0 aliphatic heterocycles. The summed E-state index contributed by atoms with van der Waals surface area (Å²) in [5.74, 6) is 0. The number of fused-ring (bicyclic) bond motifs is 7. The van der Waals surface area contributed by atoms with Crippen LogP contribution in [0.5, 0.6) is 0 Å². The van der Waals surface area contributed by atoms with Crippen LogP contribution in [0.1, 0.15) is 0 Å². The molecule has 0 aliphatic carbocycles. The average Bonchev–Trinajstić information content (AvgIpc) is 3.66. The van der Waals surface area contributed by atoms with Gasteiger partial charge in [-0.1, -0.05) is 170 Å². The zero-order valence-corrected chi connectivity index (χ0v) is 30.6. The SMILES string of the molecule is c1ccc(N(c2ccc(-c3cccc4ccccc34)cc2)c2cccc3oc4ccccc4c23)c(-c2ccc(-c3ccc4ccc5ccccc5c4c3)cc2)c1. The first-order valence-electron chi connectivity index (χ1n) is 19.2. The average molecular weight is 714 g/mol. The fourth-order valence-electron chi connectivity index (χ4n) is 8.55. The van der Waals surface area contributed by atoms with Gasteiger partial charge in [0.15, 0.2) is 0 Å². The number of furan rings is 1. The summed E-state index contributed by atoms with van der Waals surface area (Å²) >= 11 is 0. The molecule has 0 atom stereocenters. The topological polar surface area (TPSA) is 16.4 Å². The van der Waals surface area contributed by atoms with Gasteiger partial charge in [-0.3, -0.25) is 0 Å². The van der Waals surface area contributed by atoms with Gasteiger partial charge in [0.2, 0.25) is 0 Å². The lowest BCUT2D eigenvalue weighted by molar-refractivity contribution is 0.669. The molecule has 11 aromatic rings. The van der Waals surface area contributed by atoms with E-state index >= 15 is 0 Å². The Bertz CT molecular complexity index is 3240. The second kappa shape index (κ2) is 13.2. The third-order valence-corrected chi connectivity index (χ3v) is 11.3. The lowest BCUT2D eigenvalue weighted by atomic mass is 9.95. The minimum atomic E-state index is 0.867. The molecule has 0 unspecified atom stereocenters. The monoisotopic (exact) mass is 713 g/mol. The highest BCUT2D eigenvalue weighted by atomic mass is 16.3. The summed E-state index contributed by atoms with van der Waals surface area (Å²) in [4.78, 5) is 2.40. The number of nitrogens with zero attached hydrogens (tertiary/aromatic N) is 1. The Morgan fingerprint density at radius 1 is 0.304 bits per heavy atom. The smallest absolute Gasteiger partial charge is 0.137 e. The molecular formula is C54H35NO. The Morgan fingerprint density at radius 2 is 0.821 bits per heavy atom. The molecule has 10 aromatic carbocycles. The molecule has 0 bridgehead atoms. The van der Waals surface area contributed by atoms with Crippen LogP contribution in [-0.2, 0) is 0 Å². The lowest BCUT2D eigenvalue weighted by Crippen LogP contribution is -2.11. The van der Waals surface area contributed by atoms with Crippen LogP contribution in [0.3, 0.4) is 0 Å². The van der Waals surface area contributed by atoms with E-state index in [1.54, 1.807) is 0 Å². The second-order valence-corrected chi connectivity index (χ2v) is 14.5. The van der Waals surface area contributed by atoms with Crippen molar-refractivity contribution in [3.63, 3.8) is 0 Å². The fraction of sp³-hybridized carbons (Fsp3) is 0. The summed E-state index contributed by atoms with van der Waals surface area (Å²) in [7, 11) is 0. The summed E-state index contributed by atoms with van der Waals surface area (Å²) < 4.78 is 6.43. The molecule has 2 nitrogen and oxygen atoms in total. The predicted octanol–water partition coefficient (Wildman–Crippen LogP) is 15.5. The third-order valence-electron chi connectivity index (χ3n) is 11.3. The number of hydrogen-bond acceptors (Lipinski definition) is 2. The lowest BCUT2D eigenvalue weighted by Gasteiger charge is -2.28. The molecule has 0 radical (unpaired) electrons. The van der Waals surface area contributed by atoms with Crippen LogP contribution < -0.4 is 4.90 Å². The van der Waals surface area contributed by atoms with Crippen molar-refractivity contribution in [1.82, 2.24) is 0 Å². The van der Waals surface area contributed by atoms with Crippen LogP contribution in [0.4, 0.5) is 17.1 Å². The van der Waals surface area contributed by atoms with Gasteiger partial charge in [-0.05, 0) is 103 Å². The van der Waals surface area contributed by atoms with E-state index in [0.717, 1.165) is 50.1 Å². The molecule has 0 amide bonds. The minimum Gasteiger partial charge on any atom is -0.456 e. The quantitative estimate of drug-likeness (QED) is 0.160. The maximum atomic E-state index is 6.43. The van der Waals surface area contributed by atoms with Gasteiger partial charge in [0.05, 0.1) is 16.8 Å². The molecule has 0 N–H and O–H groups in total. The van der Waals surface area contributed by atoms with Crippen molar-refractivity contribution < 1.29 is 4.42 Å². The van der Waals surface area contributed by atoms with Crippen LogP contribution in [-0.4, -0.2) is 0 Å². The molecule has 1 aromatic heterocycles. The summed E-state index contributed by atoms with van der Waals surface area (Å²) in [6.45, 7) is 0. The second-order valence-electron chi connectivity index (χ2n) is 14.5. The van der Waals surface area contributed by atoms with E-state index in [9.17, 15) is 0 Å². The van der Waals surface area contributed by atoms with Crippen LogP contribution in [0.25, 0.3) is 87.6 Å². The van der Waals surface area contributed by atoms with E-state index in [-0.39, 0.29) is 0 Å². The van der Waals surface area contributed by atoms with Crippen LogP contribution in [0, 0.1) is 0 Å². The first-order valence-corrected chi connectivity index (χ1v) is 19.2. The van der Waals surface area contributed by atoms with E-state index in [0.29, 0.717) is 0 Å². The van der Waals surface area contributed by atoms with Gasteiger partial charge in [0.25, 0.3) is 0 Å². The Labute approximate surface area is 325 Å². The molecule has 0 spiro atoms. The zero-order chi connectivity index (χ0) is 37.0. The normalized spacial score (nSPS) is 11.6. The van der Waals surface area contributed by atoms with Gasteiger partial charge in [-0.2, -0.15) is 0 Å².